The van der Waals surface area contributed by atoms with E-state index in [9.17, 15) is 4.79 Å². The van der Waals surface area contributed by atoms with Crippen molar-refractivity contribution >= 4 is 14.6 Å². The highest BCUT2D eigenvalue weighted by molar-refractivity contribution is 7.39. The predicted molar refractivity (Wildman–Crippen MR) is 59.0 cm³/mol. The topological polar surface area (TPSA) is 76.0 Å². The van der Waals surface area contributed by atoms with Crippen LogP contribution in [0.2, 0.25) is 0 Å². The Morgan fingerprint density at radius 2 is 1.80 bits per heavy atom. The molecule has 0 saturated heterocycles. The first-order valence-corrected chi connectivity index (χ1v) is 5.81. The van der Waals surface area contributed by atoms with E-state index in [1.165, 1.54) is 0 Å². The summed E-state index contributed by atoms with van der Waals surface area (Å²) in [5, 5.41) is 0. The minimum atomic E-state index is -2.10. The number of rotatable bonds is 5. The normalized spacial score (nSPS) is 9.20. The molecule has 0 aliphatic carbocycles. The molecule has 5 nitrogen and oxygen atoms in total. The molecular formula is C9H19O5P. The maximum atomic E-state index is 10.7. The summed E-state index contributed by atoms with van der Waals surface area (Å²) in [5.74, 6) is -0.278. The van der Waals surface area contributed by atoms with Gasteiger partial charge >= 0.3 is 14.6 Å². The SMILES string of the molecule is C=C(CC)C(=O)OCC.CCOP(O)O. The highest BCUT2D eigenvalue weighted by atomic mass is 31.2. The summed E-state index contributed by atoms with van der Waals surface area (Å²) in [6, 6.07) is 0. The highest BCUT2D eigenvalue weighted by Crippen LogP contribution is 2.22. The summed E-state index contributed by atoms with van der Waals surface area (Å²) in [6.07, 6.45) is 0.666. The van der Waals surface area contributed by atoms with E-state index in [-0.39, 0.29) is 5.97 Å². The van der Waals surface area contributed by atoms with Gasteiger partial charge in [-0.05, 0) is 20.3 Å². The molecule has 0 aliphatic rings. The summed E-state index contributed by atoms with van der Waals surface area (Å²) in [7, 11) is -2.10. The van der Waals surface area contributed by atoms with Crippen molar-refractivity contribution in [1.82, 2.24) is 0 Å². The number of hydrogen-bond acceptors (Lipinski definition) is 5. The first-order valence-electron chi connectivity index (χ1n) is 4.65. The molecule has 0 rings (SSSR count). The van der Waals surface area contributed by atoms with Crippen molar-refractivity contribution in [3.63, 3.8) is 0 Å². The number of esters is 1. The molecular weight excluding hydrogens is 219 g/mol. The van der Waals surface area contributed by atoms with Crippen LogP contribution in [0.5, 0.6) is 0 Å². The van der Waals surface area contributed by atoms with Crippen LogP contribution in [0.15, 0.2) is 12.2 Å². The Kier molecular flexibility index (Phi) is 13.1. The standard InChI is InChI=1S/C7H12O2.C2H7O3P/c1-4-6(3)7(8)9-5-2;1-2-5-6(3)4/h3-5H2,1-2H3;3-4H,2H2,1H3. The Bertz CT molecular complexity index is 181. The molecule has 0 aromatic carbocycles. The van der Waals surface area contributed by atoms with Crippen LogP contribution in [0, 0.1) is 0 Å². The average molecular weight is 238 g/mol. The van der Waals surface area contributed by atoms with E-state index in [1.54, 1.807) is 13.8 Å². The fourth-order valence-corrected chi connectivity index (χ4v) is 0.724. The van der Waals surface area contributed by atoms with Gasteiger partial charge in [0.2, 0.25) is 0 Å². The third-order valence-corrected chi connectivity index (χ3v) is 1.72. The molecule has 0 unspecified atom stereocenters. The third kappa shape index (κ3) is 13.5. The zero-order valence-corrected chi connectivity index (χ0v) is 10.3. The molecule has 15 heavy (non-hydrogen) atoms. The molecule has 2 N–H and O–H groups in total. The van der Waals surface area contributed by atoms with E-state index in [4.69, 9.17) is 9.79 Å². The van der Waals surface area contributed by atoms with Crippen LogP contribution in [0.25, 0.3) is 0 Å². The summed E-state index contributed by atoms with van der Waals surface area (Å²) in [4.78, 5) is 26.6. The van der Waals surface area contributed by atoms with Gasteiger partial charge in [-0.1, -0.05) is 13.5 Å². The molecule has 0 aliphatic heterocycles. The quantitative estimate of drug-likeness (QED) is 0.433. The van der Waals surface area contributed by atoms with Gasteiger partial charge in [-0.3, -0.25) is 0 Å². The van der Waals surface area contributed by atoms with Crippen LogP contribution in [0.1, 0.15) is 27.2 Å². The van der Waals surface area contributed by atoms with Crippen molar-refractivity contribution in [1.29, 1.82) is 0 Å². The number of hydrogen-bond donors (Lipinski definition) is 2. The second kappa shape index (κ2) is 11.6. The molecule has 0 bridgehead atoms. The zero-order chi connectivity index (χ0) is 12.3. The zero-order valence-electron chi connectivity index (χ0n) is 9.39. The Balaban J connectivity index is 0. The second-order valence-electron chi connectivity index (χ2n) is 2.35. The van der Waals surface area contributed by atoms with E-state index in [1.807, 2.05) is 6.92 Å². The molecule has 0 aromatic heterocycles. The molecule has 0 spiro atoms. The third-order valence-electron chi connectivity index (χ3n) is 1.24. The van der Waals surface area contributed by atoms with Gasteiger partial charge in [0.05, 0.1) is 13.2 Å². The van der Waals surface area contributed by atoms with Gasteiger partial charge in [0, 0.05) is 5.57 Å². The van der Waals surface area contributed by atoms with E-state index in [0.29, 0.717) is 25.2 Å². The second-order valence-corrected chi connectivity index (χ2v) is 3.11. The van der Waals surface area contributed by atoms with E-state index in [2.05, 4.69) is 15.8 Å². The van der Waals surface area contributed by atoms with Gasteiger partial charge in [-0.15, -0.1) is 0 Å². The largest absolute Gasteiger partial charge is 0.463 e. The van der Waals surface area contributed by atoms with Crippen molar-refractivity contribution in [3.8, 4) is 0 Å². The molecule has 0 saturated carbocycles. The number of carbonyl (C=O) groups excluding carboxylic acids is 1. The lowest BCUT2D eigenvalue weighted by molar-refractivity contribution is -0.138. The Labute approximate surface area is 91.7 Å². The van der Waals surface area contributed by atoms with Gasteiger partial charge in [-0.25, -0.2) is 4.79 Å². The number of ether oxygens (including phenoxy) is 1. The monoisotopic (exact) mass is 238 g/mol. The van der Waals surface area contributed by atoms with E-state index >= 15 is 0 Å². The molecule has 0 heterocycles. The molecule has 0 atom stereocenters. The Morgan fingerprint density at radius 1 is 1.27 bits per heavy atom. The smallest absolute Gasteiger partial charge is 0.333 e. The maximum Gasteiger partial charge on any atom is 0.333 e. The van der Waals surface area contributed by atoms with Crippen LogP contribution >= 0.6 is 8.60 Å². The molecule has 0 radical (unpaired) electrons. The lowest BCUT2D eigenvalue weighted by Crippen LogP contribution is -2.05. The molecule has 0 amide bonds. The summed E-state index contributed by atoms with van der Waals surface area (Å²) >= 11 is 0. The summed E-state index contributed by atoms with van der Waals surface area (Å²) in [5.41, 5.74) is 0.539. The van der Waals surface area contributed by atoms with Gasteiger partial charge in [0.15, 0.2) is 0 Å². The van der Waals surface area contributed by atoms with E-state index in [0.717, 1.165) is 0 Å². The van der Waals surface area contributed by atoms with Gasteiger partial charge < -0.3 is 19.0 Å². The van der Waals surface area contributed by atoms with Crippen molar-refractivity contribution in [2.75, 3.05) is 13.2 Å². The van der Waals surface area contributed by atoms with Gasteiger partial charge in [0.25, 0.3) is 0 Å². The molecule has 0 fully saturated rings. The molecule has 0 aromatic rings. The molecule has 6 heteroatoms. The summed E-state index contributed by atoms with van der Waals surface area (Å²) in [6.45, 7) is 9.65. The minimum Gasteiger partial charge on any atom is -0.463 e. The molecule has 90 valence electrons. The van der Waals surface area contributed by atoms with Crippen molar-refractivity contribution < 1.29 is 23.8 Å². The average Bonchev–Trinajstić information content (AvgIpc) is 2.17. The summed E-state index contributed by atoms with van der Waals surface area (Å²) < 4.78 is 8.87. The van der Waals surface area contributed by atoms with Crippen molar-refractivity contribution in [2.24, 2.45) is 0 Å². The van der Waals surface area contributed by atoms with Gasteiger partial charge in [0.1, 0.15) is 0 Å². The first-order chi connectivity index (χ1) is 6.99. The van der Waals surface area contributed by atoms with Crippen molar-refractivity contribution in [3.05, 3.63) is 12.2 Å². The van der Waals surface area contributed by atoms with Crippen molar-refractivity contribution in [2.45, 2.75) is 27.2 Å². The lowest BCUT2D eigenvalue weighted by Gasteiger charge is -1.99. The van der Waals surface area contributed by atoms with Crippen LogP contribution in [0.3, 0.4) is 0 Å². The first kappa shape index (κ1) is 16.9. The Morgan fingerprint density at radius 3 is 2.00 bits per heavy atom. The van der Waals surface area contributed by atoms with Gasteiger partial charge in [-0.2, -0.15) is 0 Å². The number of carbonyl (C=O) groups is 1. The maximum absolute atomic E-state index is 10.7. The van der Waals surface area contributed by atoms with E-state index < -0.39 is 8.60 Å². The van der Waals surface area contributed by atoms with Crippen LogP contribution in [0.4, 0.5) is 0 Å². The predicted octanol–water partition coefficient (Wildman–Crippen LogP) is 1.75. The minimum absolute atomic E-state index is 0.278. The lowest BCUT2D eigenvalue weighted by atomic mass is 10.2. The van der Waals surface area contributed by atoms with Crippen LogP contribution in [-0.2, 0) is 14.1 Å². The highest BCUT2D eigenvalue weighted by Gasteiger charge is 2.02. The van der Waals surface area contributed by atoms with Crippen LogP contribution in [-0.4, -0.2) is 29.0 Å². The Hall–Kier alpha value is -0.480. The van der Waals surface area contributed by atoms with Crippen LogP contribution < -0.4 is 0 Å². The fraction of sp³-hybridized carbons (Fsp3) is 0.667. The fourth-order valence-electron chi connectivity index (χ4n) is 0.493.